The summed E-state index contributed by atoms with van der Waals surface area (Å²) in [4.78, 5) is 11.6. The van der Waals surface area contributed by atoms with E-state index in [0.29, 0.717) is 38.2 Å². The zero-order chi connectivity index (χ0) is 13.8. The van der Waals surface area contributed by atoms with Crippen LogP contribution >= 0.6 is 0 Å². The van der Waals surface area contributed by atoms with Gasteiger partial charge in [0.2, 0.25) is 0 Å². The summed E-state index contributed by atoms with van der Waals surface area (Å²) >= 11 is 0. The molecular formula is C14H26O4. The summed E-state index contributed by atoms with van der Waals surface area (Å²) in [7, 11) is 0. The van der Waals surface area contributed by atoms with Gasteiger partial charge in [0.05, 0.1) is 18.3 Å². The average Bonchev–Trinajstić information content (AvgIpc) is 2.35. The first-order chi connectivity index (χ1) is 8.67. The van der Waals surface area contributed by atoms with E-state index in [2.05, 4.69) is 6.92 Å². The molecule has 0 aromatic heterocycles. The summed E-state index contributed by atoms with van der Waals surface area (Å²) in [5, 5.41) is 9.94. The third-order valence-electron chi connectivity index (χ3n) is 2.47. The van der Waals surface area contributed by atoms with Crippen molar-refractivity contribution in [3.05, 3.63) is 11.6 Å². The van der Waals surface area contributed by atoms with Crippen LogP contribution in [0.15, 0.2) is 11.6 Å². The molecule has 0 rings (SSSR count). The summed E-state index contributed by atoms with van der Waals surface area (Å²) in [6, 6.07) is 0. The quantitative estimate of drug-likeness (QED) is 0.371. The lowest BCUT2D eigenvalue weighted by molar-refractivity contribution is -0.139. The van der Waals surface area contributed by atoms with Crippen LogP contribution in [0, 0.1) is 0 Å². The molecule has 0 aromatic rings. The minimum absolute atomic E-state index is 0.319. The van der Waals surface area contributed by atoms with Gasteiger partial charge in [0.15, 0.2) is 0 Å². The molecule has 0 aliphatic carbocycles. The Labute approximate surface area is 110 Å². The van der Waals surface area contributed by atoms with E-state index in [4.69, 9.17) is 9.47 Å². The molecule has 0 spiro atoms. The molecule has 106 valence electrons. The van der Waals surface area contributed by atoms with E-state index in [0.717, 1.165) is 12.8 Å². The Hall–Kier alpha value is -0.870. The predicted octanol–water partition coefficient (Wildman–Crippen LogP) is 2.45. The van der Waals surface area contributed by atoms with Crippen LogP contribution < -0.4 is 0 Å². The smallest absolute Gasteiger partial charge is 0.336 e. The number of aliphatic hydroxyl groups is 1. The minimum Gasteiger partial charge on any atom is -0.463 e. The van der Waals surface area contributed by atoms with Crippen molar-refractivity contribution in [1.29, 1.82) is 0 Å². The lowest BCUT2D eigenvalue weighted by Crippen LogP contribution is -2.22. The molecule has 1 N–H and O–H groups in total. The van der Waals surface area contributed by atoms with Gasteiger partial charge in [-0.2, -0.15) is 0 Å². The fraction of sp³-hybridized carbons (Fsp3) is 0.786. The van der Waals surface area contributed by atoms with E-state index >= 15 is 0 Å². The van der Waals surface area contributed by atoms with Crippen LogP contribution in [0.25, 0.3) is 0 Å². The molecule has 0 aliphatic heterocycles. The van der Waals surface area contributed by atoms with Crippen molar-refractivity contribution < 1.29 is 19.4 Å². The summed E-state index contributed by atoms with van der Waals surface area (Å²) in [6.07, 6.45) is 4.15. The van der Waals surface area contributed by atoms with E-state index in [1.807, 2.05) is 6.92 Å². The number of esters is 1. The van der Waals surface area contributed by atoms with Crippen molar-refractivity contribution in [3.63, 3.8) is 0 Å². The third-order valence-corrected chi connectivity index (χ3v) is 2.47. The standard InChI is InChI=1S/C14H26O4/c1-4-7-10-17-11-9-13(15)12(8-5-2)14(16)18-6-3/h8,13,15H,4-7,9-11H2,1-3H3/b12-8-. The molecule has 0 saturated carbocycles. The first kappa shape index (κ1) is 17.1. The van der Waals surface area contributed by atoms with Crippen LogP contribution in [0.2, 0.25) is 0 Å². The van der Waals surface area contributed by atoms with Gasteiger partial charge < -0.3 is 14.6 Å². The predicted molar refractivity (Wildman–Crippen MR) is 71.4 cm³/mol. The van der Waals surface area contributed by atoms with Crippen LogP contribution in [0.3, 0.4) is 0 Å². The number of rotatable bonds is 10. The molecule has 0 amide bonds. The Morgan fingerprint density at radius 3 is 2.56 bits per heavy atom. The van der Waals surface area contributed by atoms with Crippen LogP contribution in [0.1, 0.15) is 46.5 Å². The molecular weight excluding hydrogens is 232 g/mol. The number of hydrogen-bond donors (Lipinski definition) is 1. The maximum atomic E-state index is 11.6. The summed E-state index contributed by atoms with van der Waals surface area (Å²) in [5.41, 5.74) is 0.346. The molecule has 0 saturated heterocycles. The van der Waals surface area contributed by atoms with Gasteiger partial charge >= 0.3 is 5.97 Å². The van der Waals surface area contributed by atoms with Crippen molar-refractivity contribution in [1.82, 2.24) is 0 Å². The lowest BCUT2D eigenvalue weighted by Gasteiger charge is -2.14. The van der Waals surface area contributed by atoms with E-state index in [-0.39, 0.29) is 0 Å². The highest BCUT2D eigenvalue weighted by molar-refractivity contribution is 5.89. The van der Waals surface area contributed by atoms with Crippen molar-refractivity contribution in [2.75, 3.05) is 19.8 Å². The summed E-state index contributed by atoms with van der Waals surface area (Å²) < 4.78 is 10.3. The van der Waals surface area contributed by atoms with Gasteiger partial charge in [0.1, 0.15) is 0 Å². The number of allylic oxidation sites excluding steroid dienone is 1. The second-order valence-corrected chi connectivity index (χ2v) is 4.06. The Bertz CT molecular complexity index is 248. The van der Waals surface area contributed by atoms with Crippen LogP contribution in [0.5, 0.6) is 0 Å². The second kappa shape index (κ2) is 11.2. The molecule has 4 heteroatoms. The van der Waals surface area contributed by atoms with Crippen molar-refractivity contribution in [2.24, 2.45) is 0 Å². The molecule has 0 fully saturated rings. The number of aliphatic hydroxyl groups excluding tert-OH is 1. The molecule has 0 aliphatic rings. The van der Waals surface area contributed by atoms with Crippen LogP contribution in [-0.4, -0.2) is 37.0 Å². The monoisotopic (exact) mass is 258 g/mol. The number of carbonyl (C=O) groups is 1. The number of hydrogen-bond acceptors (Lipinski definition) is 4. The Morgan fingerprint density at radius 1 is 1.28 bits per heavy atom. The highest BCUT2D eigenvalue weighted by Crippen LogP contribution is 2.10. The molecule has 0 heterocycles. The molecule has 1 unspecified atom stereocenters. The molecule has 0 aromatic carbocycles. The van der Waals surface area contributed by atoms with Gasteiger partial charge in [-0.25, -0.2) is 4.79 Å². The molecule has 0 bridgehead atoms. The Balaban J connectivity index is 4.11. The first-order valence-electron chi connectivity index (χ1n) is 6.80. The highest BCUT2D eigenvalue weighted by Gasteiger charge is 2.19. The minimum atomic E-state index is -0.800. The summed E-state index contributed by atoms with van der Waals surface area (Å²) in [6.45, 7) is 7.25. The molecule has 1 atom stereocenters. The van der Waals surface area contributed by atoms with Crippen LogP contribution in [-0.2, 0) is 14.3 Å². The summed E-state index contributed by atoms with van der Waals surface area (Å²) in [5.74, 6) is -0.430. The molecule has 0 radical (unpaired) electrons. The zero-order valence-corrected chi connectivity index (χ0v) is 11.8. The van der Waals surface area contributed by atoms with E-state index in [9.17, 15) is 9.90 Å². The van der Waals surface area contributed by atoms with Gasteiger partial charge in [-0.05, 0) is 19.8 Å². The number of ether oxygens (including phenoxy) is 2. The van der Waals surface area contributed by atoms with Gasteiger partial charge in [0, 0.05) is 19.6 Å². The van der Waals surface area contributed by atoms with Gasteiger partial charge in [0.25, 0.3) is 0 Å². The highest BCUT2D eigenvalue weighted by atomic mass is 16.5. The molecule has 4 nitrogen and oxygen atoms in total. The average molecular weight is 258 g/mol. The van der Waals surface area contributed by atoms with Gasteiger partial charge in [-0.1, -0.05) is 26.3 Å². The fourth-order valence-electron chi connectivity index (χ4n) is 1.49. The Kier molecular flexibility index (Phi) is 10.7. The topological polar surface area (TPSA) is 55.8 Å². The first-order valence-corrected chi connectivity index (χ1v) is 6.80. The normalized spacial score (nSPS) is 13.4. The largest absolute Gasteiger partial charge is 0.463 e. The third kappa shape index (κ3) is 7.45. The van der Waals surface area contributed by atoms with Crippen molar-refractivity contribution >= 4 is 5.97 Å². The fourth-order valence-corrected chi connectivity index (χ4v) is 1.49. The number of carbonyl (C=O) groups excluding carboxylic acids is 1. The SMILES string of the molecule is CC/C=C(\C(=O)OCC)C(O)CCOCCCC. The second-order valence-electron chi connectivity index (χ2n) is 4.06. The van der Waals surface area contributed by atoms with Gasteiger partial charge in [-0.3, -0.25) is 0 Å². The van der Waals surface area contributed by atoms with Crippen molar-refractivity contribution in [3.8, 4) is 0 Å². The van der Waals surface area contributed by atoms with Crippen LogP contribution in [0.4, 0.5) is 0 Å². The maximum absolute atomic E-state index is 11.6. The van der Waals surface area contributed by atoms with E-state index < -0.39 is 12.1 Å². The molecule has 18 heavy (non-hydrogen) atoms. The lowest BCUT2D eigenvalue weighted by atomic mass is 10.1. The zero-order valence-electron chi connectivity index (χ0n) is 11.8. The van der Waals surface area contributed by atoms with E-state index in [1.165, 1.54) is 0 Å². The van der Waals surface area contributed by atoms with Gasteiger partial charge in [-0.15, -0.1) is 0 Å². The number of unbranched alkanes of at least 4 members (excludes halogenated alkanes) is 1. The van der Waals surface area contributed by atoms with E-state index in [1.54, 1.807) is 13.0 Å². The maximum Gasteiger partial charge on any atom is 0.336 e. The van der Waals surface area contributed by atoms with Crippen molar-refractivity contribution in [2.45, 2.75) is 52.6 Å². The Morgan fingerprint density at radius 2 is 2.00 bits per heavy atom.